The van der Waals surface area contributed by atoms with Crippen LogP contribution in [0.25, 0.3) is 0 Å². The predicted octanol–water partition coefficient (Wildman–Crippen LogP) is 3.24. The standard InChI is InChI=1S/C16H20N2O2S/c1-3-21(19,20)16-10-8-15(9-11-16)18-12(2)13-4-6-14(17)7-5-13/h4-12,18H,3,17H2,1-2H3. The number of hydrogen-bond acceptors (Lipinski definition) is 4. The fraction of sp³-hybridized carbons (Fsp3) is 0.250. The molecule has 2 aromatic rings. The van der Waals surface area contributed by atoms with E-state index in [4.69, 9.17) is 5.73 Å². The van der Waals surface area contributed by atoms with E-state index in [0.717, 1.165) is 16.9 Å². The second-order valence-corrected chi connectivity index (χ2v) is 7.24. The Balaban J connectivity index is 2.11. The molecule has 0 bridgehead atoms. The number of hydrogen-bond donors (Lipinski definition) is 2. The van der Waals surface area contributed by atoms with Gasteiger partial charge in [-0.2, -0.15) is 0 Å². The van der Waals surface area contributed by atoms with Gasteiger partial charge in [0.25, 0.3) is 0 Å². The second-order valence-electron chi connectivity index (χ2n) is 4.96. The Kier molecular flexibility index (Phi) is 4.53. The van der Waals surface area contributed by atoms with Gasteiger partial charge < -0.3 is 11.1 Å². The van der Waals surface area contributed by atoms with E-state index < -0.39 is 9.84 Å². The van der Waals surface area contributed by atoms with Crippen molar-refractivity contribution in [1.29, 1.82) is 0 Å². The van der Waals surface area contributed by atoms with E-state index in [2.05, 4.69) is 5.32 Å². The highest BCUT2D eigenvalue weighted by atomic mass is 32.2. The summed E-state index contributed by atoms with van der Waals surface area (Å²) in [4.78, 5) is 0.357. The first-order valence-corrected chi connectivity index (χ1v) is 8.52. The van der Waals surface area contributed by atoms with E-state index in [-0.39, 0.29) is 11.8 Å². The van der Waals surface area contributed by atoms with Crippen LogP contribution in [-0.2, 0) is 9.84 Å². The minimum absolute atomic E-state index is 0.110. The lowest BCUT2D eigenvalue weighted by molar-refractivity contribution is 0.597. The molecular weight excluding hydrogens is 284 g/mol. The number of anilines is 2. The molecule has 1 unspecified atom stereocenters. The van der Waals surface area contributed by atoms with Gasteiger partial charge in [-0.25, -0.2) is 8.42 Å². The molecule has 0 saturated carbocycles. The second kappa shape index (κ2) is 6.18. The zero-order chi connectivity index (χ0) is 15.5. The quantitative estimate of drug-likeness (QED) is 0.832. The van der Waals surface area contributed by atoms with Crippen LogP contribution in [0.2, 0.25) is 0 Å². The highest BCUT2D eigenvalue weighted by molar-refractivity contribution is 7.91. The van der Waals surface area contributed by atoms with Crippen LogP contribution in [0, 0.1) is 0 Å². The maximum atomic E-state index is 11.8. The molecule has 4 nitrogen and oxygen atoms in total. The van der Waals surface area contributed by atoms with Gasteiger partial charge in [0.2, 0.25) is 0 Å². The minimum atomic E-state index is -3.14. The molecule has 21 heavy (non-hydrogen) atoms. The van der Waals surface area contributed by atoms with Crippen molar-refractivity contribution < 1.29 is 8.42 Å². The van der Waals surface area contributed by atoms with Crippen molar-refractivity contribution >= 4 is 21.2 Å². The summed E-state index contributed by atoms with van der Waals surface area (Å²) < 4.78 is 23.5. The van der Waals surface area contributed by atoms with E-state index in [0.29, 0.717) is 4.90 Å². The van der Waals surface area contributed by atoms with Crippen molar-refractivity contribution in [2.24, 2.45) is 0 Å². The molecule has 112 valence electrons. The van der Waals surface area contributed by atoms with E-state index in [1.807, 2.05) is 31.2 Å². The Morgan fingerprint density at radius 2 is 1.62 bits per heavy atom. The highest BCUT2D eigenvalue weighted by Crippen LogP contribution is 2.21. The molecule has 3 N–H and O–H groups in total. The molecule has 0 radical (unpaired) electrons. The summed E-state index contributed by atoms with van der Waals surface area (Å²) in [5.41, 5.74) is 8.41. The number of rotatable bonds is 5. The summed E-state index contributed by atoms with van der Waals surface area (Å²) in [6.07, 6.45) is 0. The van der Waals surface area contributed by atoms with Crippen LogP contribution >= 0.6 is 0 Å². The molecule has 0 spiro atoms. The molecule has 0 amide bonds. The van der Waals surface area contributed by atoms with Gasteiger partial charge in [-0.15, -0.1) is 0 Å². The number of nitrogens with two attached hydrogens (primary N) is 1. The molecule has 2 rings (SSSR count). The maximum Gasteiger partial charge on any atom is 0.178 e. The molecule has 0 fully saturated rings. The summed E-state index contributed by atoms with van der Waals surface area (Å²) in [6, 6.07) is 14.6. The van der Waals surface area contributed by atoms with Gasteiger partial charge in [0.05, 0.1) is 10.6 Å². The van der Waals surface area contributed by atoms with Gasteiger partial charge in [0.1, 0.15) is 0 Å². The minimum Gasteiger partial charge on any atom is -0.399 e. The largest absolute Gasteiger partial charge is 0.399 e. The van der Waals surface area contributed by atoms with Crippen molar-refractivity contribution in [3.63, 3.8) is 0 Å². The Morgan fingerprint density at radius 1 is 1.05 bits per heavy atom. The average molecular weight is 304 g/mol. The summed E-state index contributed by atoms with van der Waals surface area (Å²) in [5.74, 6) is 0.113. The fourth-order valence-electron chi connectivity index (χ4n) is 2.04. The Morgan fingerprint density at radius 3 is 2.14 bits per heavy atom. The highest BCUT2D eigenvalue weighted by Gasteiger charge is 2.11. The van der Waals surface area contributed by atoms with Gasteiger partial charge in [0.15, 0.2) is 9.84 Å². The van der Waals surface area contributed by atoms with E-state index >= 15 is 0 Å². The van der Waals surface area contributed by atoms with Crippen LogP contribution in [0.3, 0.4) is 0 Å². The van der Waals surface area contributed by atoms with E-state index in [1.54, 1.807) is 31.2 Å². The van der Waals surface area contributed by atoms with Gasteiger partial charge in [-0.05, 0) is 48.9 Å². The normalized spacial score (nSPS) is 12.9. The lowest BCUT2D eigenvalue weighted by Crippen LogP contribution is -2.07. The predicted molar refractivity (Wildman–Crippen MR) is 87.1 cm³/mol. The fourth-order valence-corrected chi connectivity index (χ4v) is 2.93. The Hall–Kier alpha value is -2.01. The summed E-state index contributed by atoms with van der Waals surface area (Å²) >= 11 is 0. The third kappa shape index (κ3) is 3.76. The van der Waals surface area contributed by atoms with Gasteiger partial charge in [0, 0.05) is 17.4 Å². The number of benzene rings is 2. The van der Waals surface area contributed by atoms with Crippen LogP contribution in [0.15, 0.2) is 53.4 Å². The lowest BCUT2D eigenvalue weighted by Gasteiger charge is -2.16. The number of nitrogen functional groups attached to an aromatic ring is 1. The van der Waals surface area contributed by atoms with Gasteiger partial charge >= 0.3 is 0 Å². The monoisotopic (exact) mass is 304 g/mol. The zero-order valence-electron chi connectivity index (χ0n) is 12.2. The molecule has 5 heteroatoms. The summed E-state index contributed by atoms with van der Waals surface area (Å²) in [5, 5.41) is 3.34. The molecule has 0 aromatic heterocycles. The van der Waals surface area contributed by atoms with Crippen LogP contribution in [0.1, 0.15) is 25.5 Å². The maximum absolute atomic E-state index is 11.8. The lowest BCUT2D eigenvalue weighted by atomic mass is 10.1. The molecule has 0 heterocycles. The van der Waals surface area contributed by atoms with Gasteiger partial charge in [-0.3, -0.25) is 0 Å². The average Bonchev–Trinajstić information content (AvgIpc) is 2.48. The van der Waals surface area contributed by atoms with Crippen LogP contribution in [0.4, 0.5) is 11.4 Å². The topological polar surface area (TPSA) is 72.2 Å². The van der Waals surface area contributed by atoms with E-state index in [1.165, 1.54) is 0 Å². The first-order valence-electron chi connectivity index (χ1n) is 6.87. The Labute approximate surface area is 125 Å². The van der Waals surface area contributed by atoms with Crippen LogP contribution < -0.4 is 11.1 Å². The van der Waals surface area contributed by atoms with Crippen molar-refractivity contribution in [1.82, 2.24) is 0 Å². The smallest absolute Gasteiger partial charge is 0.178 e. The Bertz CT molecular complexity index is 692. The van der Waals surface area contributed by atoms with Crippen molar-refractivity contribution in [3.05, 3.63) is 54.1 Å². The first kappa shape index (κ1) is 15.4. The van der Waals surface area contributed by atoms with Crippen molar-refractivity contribution in [2.45, 2.75) is 24.8 Å². The first-order chi connectivity index (χ1) is 9.92. The van der Waals surface area contributed by atoms with Crippen molar-refractivity contribution in [2.75, 3.05) is 16.8 Å². The van der Waals surface area contributed by atoms with Gasteiger partial charge in [-0.1, -0.05) is 19.1 Å². The molecular formula is C16H20N2O2S. The number of sulfone groups is 1. The number of nitrogens with one attached hydrogen (secondary N) is 1. The molecule has 2 aromatic carbocycles. The zero-order valence-corrected chi connectivity index (χ0v) is 13.0. The molecule has 0 aliphatic carbocycles. The molecule has 0 saturated heterocycles. The van der Waals surface area contributed by atoms with E-state index in [9.17, 15) is 8.42 Å². The summed E-state index contributed by atoms with van der Waals surface area (Å²) in [6.45, 7) is 3.69. The third-order valence-electron chi connectivity index (χ3n) is 3.41. The molecule has 0 aliphatic rings. The summed E-state index contributed by atoms with van der Waals surface area (Å²) in [7, 11) is -3.14. The van der Waals surface area contributed by atoms with Crippen LogP contribution in [-0.4, -0.2) is 14.2 Å². The third-order valence-corrected chi connectivity index (χ3v) is 5.16. The van der Waals surface area contributed by atoms with Crippen molar-refractivity contribution in [3.8, 4) is 0 Å². The SMILES string of the molecule is CCS(=O)(=O)c1ccc(NC(C)c2ccc(N)cc2)cc1. The molecule has 0 aliphatic heterocycles. The molecule has 1 atom stereocenters. The van der Waals surface area contributed by atoms with Crippen LogP contribution in [0.5, 0.6) is 0 Å².